The Bertz CT molecular complexity index is 635. The third kappa shape index (κ3) is 3.49. The molecule has 1 heterocycles. The summed E-state index contributed by atoms with van der Waals surface area (Å²) >= 11 is 0. The van der Waals surface area contributed by atoms with E-state index in [0.29, 0.717) is 13.1 Å². The van der Waals surface area contributed by atoms with Crippen molar-refractivity contribution >= 4 is 20.8 Å². The molecule has 0 aliphatic carbocycles. The average molecular weight is 265 g/mol. The smallest absolute Gasteiger partial charge is 0.210 e. The molecule has 18 heavy (non-hydrogen) atoms. The van der Waals surface area contributed by atoms with E-state index in [4.69, 9.17) is 5.14 Å². The maximum Gasteiger partial charge on any atom is 0.210 e. The molecule has 3 N–H and O–H groups in total. The first kappa shape index (κ1) is 12.9. The van der Waals surface area contributed by atoms with Gasteiger partial charge >= 0.3 is 0 Å². The number of hydrogen-bond donors (Lipinski definition) is 2. The lowest BCUT2D eigenvalue weighted by atomic mass is 10.1. The van der Waals surface area contributed by atoms with Gasteiger partial charge in [0.2, 0.25) is 10.0 Å². The van der Waals surface area contributed by atoms with Crippen LogP contribution in [0, 0.1) is 0 Å². The van der Waals surface area contributed by atoms with Crippen molar-refractivity contribution < 1.29 is 8.42 Å². The number of hydrogen-bond acceptors (Lipinski definition) is 4. The van der Waals surface area contributed by atoms with E-state index in [2.05, 4.69) is 10.3 Å². The zero-order chi connectivity index (χ0) is 13.0. The van der Waals surface area contributed by atoms with E-state index in [1.807, 2.05) is 30.5 Å². The zero-order valence-electron chi connectivity index (χ0n) is 9.83. The number of rotatable bonds is 5. The van der Waals surface area contributed by atoms with Gasteiger partial charge in [0.15, 0.2) is 0 Å². The Balaban J connectivity index is 2.04. The van der Waals surface area contributed by atoms with Crippen LogP contribution in [0.2, 0.25) is 0 Å². The minimum atomic E-state index is -3.40. The quantitative estimate of drug-likeness (QED) is 0.776. The predicted molar refractivity (Wildman–Crippen MR) is 71.4 cm³/mol. The molecule has 2 rings (SSSR count). The molecule has 0 unspecified atom stereocenters. The summed E-state index contributed by atoms with van der Waals surface area (Å²) in [5, 5.41) is 10.2. The van der Waals surface area contributed by atoms with Crippen molar-refractivity contribution in [2.24, 2.45) is 5.14 Å². The fraction of sp³-hybridized carbons (Fsp3) is 0.250. The maximum atomic E-state index is 10.8. The highest BCUT2D eigenvalue weighted by Crippen LogP contribution is 2.16. The molecule has 0 bridgehead atoms. The number of pyridine rings is 1. The van der Waals surface area contributed by atoms with E-state index in [1.165, 1.54) is 0 Å². The van der Waals surface area contributed by atoms with Gasteiger partial charge in [0.1, 0.15) is 0 Å². The second kappa shape index (κ2) is 5.43. The summed E-state index contributed by atoms with van der Waals surface area (Å²) in [7, 11) is -3.40. The summed E-state index contributed by atoms with van der Waals surface area (Å²) in [6.07, 6.45) is 3.59. The molecule has 0 saturated carbocycles. The first-order valence-corrected chi connectivity index (χ1v) is 7.30. The molecule has 0 atom stereocenters. The average Bonchev–Trinajstić information content (AvgIpc) is 2.33. The molecular formula is C12H15N3O2S. The van der Waals surface area contributed by atoms with Crippen LogP contribution in [0.4, 0.5) is 0 Å². The highest BCUT2D eigenvalue weighted by molar-refractivity contribution is 7.89. The van der Waals surface area contributed by atoms with E-state index < -0.39 is 10.0 Å². The summed E-state index contributed by atoms with van der Waals surface area (Å²) < 4.78 is 21.6. The monoisotopic (exact) mass is 265 g/mol. The van der Waals surface area contributed by atoms with Crippen molar-refractivity contribution in [3.63, 3.8) is 0 Å². The zero-order valence-corrected chi connectivity index (χ0v) is 10.7. The van der Waals surface area contributed by atoms with Crippen LogP contribution in [0.15, 0.2) is 36.7 Å². The maximum absolute atomic E-state index is 10.8. The number of aromatic nitrogens is 1. The standard InChI is InChI=1S/C12H15N3O2S/c13-18(16,17)6-5-14-8-11-9-15-7-10-3-1-2-4-12(10)11/h1-4,7,9,14H,5-6,8H2,(H2,13,16,17). The van der Waals surface area contributed by atoms with Crippen LogP contribution < -0.4 is 10.5 Å². The fourth-order valence-electron chi connectivity index (χ4n) is 1.76. The largest absolute Gasteiger partial charge is 0.312 e. The molecule has 0 radical (unpaired) electrons. The molecule has 0 aliphatic heterocycles. The van der Waals surface area contributed by atoms with Gasteiger partial charge in [-0.05, 0) is 10.9 Å². The Morgan fingerprint density at radius 3 is 2.78 bits per heavy atom. The highest BCUT2D eigenvalue weighted by Gasteiger charge is 2.03. The van der Waals surface area contributed by atoms with E-state index in [-0.39, 0.29) is 5.75 Å². The van der Waals surface area contributed by atoms with Crippen LogP contribution in [0.5, 0.6) is 0 Å². The minimum Gasteiger partial charge on any atom is -0.312 e. The Morgan fingerprint density at radius 2 is 2.00 bits per heavy atom. The molecule has 2 aromatic rings. The van der Waals surface area contributed by atoms with Crippen LogP contribution in [0.25, 0.3) is 10.8 Å². The number of primary sulfonamides is 1. The van der Waals surface area contributed by atoms with Crippen molar-refractivity contribution in [3.8, 4) is 0 Å². The van der Waals surface area contributed by atoms with Gasteiger partial charge < -0.3 is 5.32 Å². The van der Waals surface area contributed by atoms with Gasteiger partial charge in [0.05, 0.1) is 5.75 Å². The Kier molecular flexibility index (Phi) is 3.90. The van der Waals surface area contributed by atoms with E-state index in [0.717, 1.165) is 16.3 Å². The van der Waals surface area contributed by atoms with Crippen molar-refractivity contribution in [1.29, 1.82) is 0 Å². The molecular weight excluding hydrogens is 250 g/mol. The molecule has 1 aromatic heterocycles. The summed E-state index contributed by atoms with van der Waals surface area (Å²) in [4.78, 5) is 4.16. The number of fused-ring (bicyclic) bond motifs is 1. The van der Waals surface area contributed by atoms with Gasteiger partial charge in [0.25, 0.3) is 0 Å². The van der Waals surface area contributed by atoms with Crippen molar-refractivity contribution in [1.82, 2.24) is 10.3 Å². The molecule has 0 aliphatic rings. The number of nitrogens with zero attached hydrogens (tertiary/aromatic N) is 1. The Morgan fingerprint density at radius 1 is 1.22 bits per heavy atom. The topological polar surface area (TPSA) is 85.1 Å². The lowest BCUT2D eigenvalue weighted by molar-refractivity contribution is 0.592. The summed E-state index contributed by atoms with van der Waals surface area (Å²) in [6.45, 7) is 0.909. The second-order valence-corrected chi connectivity index (χ2v) is 5.80. The van der Waals surface area contributed by atoms with Crippen molar-refractivity contribution in [3.05, 3.63) is 42.2 Å². The van der Waals surface area contributed by atoms with Gasteiger partial charge in [-0.1, -0.05) is 24.3 Å². The lowest BCUT2D eigenvalue weighted by Crippen LogP contribution is -2.26. The number of sulfonamides is 1. The van der Waals surface area contributed by atoms with Gasteiger partial charge in [-0.2, -0.15) is 0 Å². The van der Waals surface area contributed by atoms with Gasteiger partial charge in [0, 0.05) is 30.9 Å². The second-order valence-electron chi connectivity index (χ2n) is 4.06. The van der Waals surface area contributed by atoms with Crippen LogP contribution in [-0.4, -0.2) is 25.7 Å². The lowest BCUT2D eigenvalue weighted by Gasteiger charge is -2.07. The molecule has 96 valence electrons. The van der Waals surface area contributed by atoms with Gasteiger partial charge in [-0.3, -0.25) is 4.98 Å². The molecule has 0 amide bonds. The van der Waals surface area contributed by atoms with Crippen molar-refractivity contribution in [2.75, 3.05) is 12.3 Å². The third-order valence-electron chi connectivity index (χ3n) is 2.63. The fourth-order valence-corrected chi connectivity index (χ4v) is 2.19. The molecule has 0 fully saturated rings. The van der Waals surface area contributed by atoms with Crippen LogP contribution >= 0.6 is 0 Å². The molecule has 6 heteroatoms. The number of benzene rings is 1. The van der Waals surface area contributed by atoms with E-state index >= 15 is 0 Å². The van der Waals surface area contributed by atoms with Crippen molar-refractivity contribution in [2.45, 2.75) is 6.54 Å². The summed E-state index contributed by atoms with van der Waals surface area (Å²) in [5.41, 5.74) is 1.04. The Hall–Kier alpha value is -1.50. The molecule has 0 spiro atoms. The van der Waals surface area contributed by atoms with Crippen LogP contribution in [-0.2, 0) is 16.6 Å². The predicted octanol–water partition coefficient (Wildman–Crippen LogP) is 0.613. The minimum absolute atomic E-state index is 0.0643. The molecule has 0 saturated heterocycles. The van der Waals surface area contributed by atoms with Gasteiger partial charge in [-0.15, -0.1) is 0 Å². The first-order valence-electron chi connectivity index (χ1n) is 5.59. The SMILES string of the molecule is NS(=O)(=O)CCNCc1cncc2ccccc12. The van der Waals surface area contributed by atoms with Crippen LogP contribution in [0.3, 0.4) is 0 Å². The third-order valence-corrected chi connectivity index (χ3v) is 3.40. The molecule has 1 aromatic carbocycles. The summed E-state index contributed by atoms with van der Waals surface area (Å²) in [6, 6.07) is 7.95. The highest BCUT2D eigenvalue weighted by atomic mass is 32.2. The number of nitrogens with one attached hydrogen (secondary N) is 1. The first-order chi connectivity index (χ1) is 8.56. The van der Waals surface area contributed by atoms with Crippen LogP contribution in [0.1, 0.15) is 5.56 Å². The van der Waals surface area contributed by atoms with E-state index in [1.54, 1.807) is 6.20 Å². The van der Waals surface area contributed by atoms with Gasteiger partial charge in [-0.25, -0.2) is 13.6 Å². The Labute approximate surface area is 106 Å². The van der Waals surface area contributed by atoms with E-state index in [9.17, 15) is 8.42 Å². The molecule has 5 nitrogen and oxygen atoms in total. The normalized spacial score (nSPS) is 11.8. The number of nitrogens with two attached hydrogens (primary N) is 1. The summed E-state index contributed by atoms with van der Waals surface area (Å²) in [5.74, 6) is -0.0643.